The van der Waals surface area contributed by atoms with Crippen LogP contribution in [0, 0.1) is 6.92 Å². The van der Waals surface area contributed by atoms with E-state index in [1.54, 1.807) is 7.11 Å². The van der Waals surface area contributed by atoms with Gasteiger partial charge >= 0.3 is 0 Å². The molecule has 0 aromatic heterocycles. The van der Waals surface area contributed by atoms with Gasteiger partial charge in [-0.3, -0.25) is 0 Å². The highest BCUT2D eigenvalue weighted by atomic mass is 31.0. The summed E-state index contributed by atoms with van der Waals surface area (Å²) >= 11 is 0. The first kappa shape index (κ1) is 12.1. The summed E-state index contributed by atoms with van der Waals surface area (Å²) in [5, 5.41) is 0. The van der Waals surface area contributed by atoms with Crippen LogP contribution in [0.15, 0.2) is 48.5 Å². The van der Waals surface area contributed by atoms with Crippen molar-refractivity contribution in [3.05, 3.63) is 65.2 Å². The molecule has 2 atom stereocenters. The summed E-state index contributed by atoms with van der Waals surface area (Å²) < 4.78 is 5.41. The minimum Gasteiger partial charge on any atom is -0.496 e. The molecule has 88 valence electrons. The van der Waals surface area contributed by atoms with Crippen LogP contribution in [0.4, 0.5) is 0 Å². The van der Waals surface area contributed by atoms with Crippen LogP contribution in [0.25, 0.3) is 0 Å². The average molecular weight is 244 g/mol. The summed E-state index contributed by atoms with van der Waals surface area (Å²) in [6.07, 6.45) is 0. The topological polar surface area (TPSA) is 9.23 Å². The van der Waals surface area contributed by atoms with E-state index in [-0.39, 0.29) is 5.66 Å². The molecule has 2 aromatic rings. The number of hydrogen-bond donors (Lipinski definition) is 0. The Morgan fingerprint density at radius 1 is 0.941 bits per heavy atom. The standard InChI is InChI=1S/C15H17OP/c1-11-7-3-4-8-12(11)15(17)13-9-5-6-10-14(13)16-2/h3-10,15H,17H2,1-2H3. The second kappa shape index (κ2) is 5.33. The van der Waals surface area contributed by atoms with Gasteiger partial charge in [-0.15, -0.1) is 9.24 Å². The van der Waals surface area contributed by atoms with Crippen molar-refractivity contribution in [3.8, 4) is 5.75 Å². The molecule has 1 nitrogen and oxygen atoms in total. The highest BCUT2D eigenvalue weighted by Crippen LogP contribution is 2.37. The molecule has 0 aliphatic carbocycles. The molecule has 0 fully saturated rings. The van der Waals surface area contributed by atoms with E-state index in [1.807, 2.05) is 18.2 Å². The highest BCUT2D eigenvalue weighted by Gasteiger charge is 2.14. The fraction of sp³-hybridized carbons (Fsp3) is 0.200. The molecule has 0 heterocycles. The van der Waals surface area contributed by atoms with E-state index < -0.39 is 0 Å². The van der Waals surface area contributed by atoms with E-state index in [0.29, 0.717) is 0 Å². The highest BCUT2D eigenvalue weighted by molar-refractivity contribution is 7.17. The largest absolute Gasteiger partial charge is 0.496 e. The van der Waals surface area contributed by atoms with Crippen LogP contribution in [-0.2, 0) is 0 Å². The molecule has 0 bridgehead atoms. The first-order chi connectivity index (χ1) is 8.24. The van der Waals surface area contributed by atoms with Crippen LogP contribution in [-0.4, -0.2) is 7.11 Å². The van der Waals surface area contributed by atoms with Gasteiger partial charge in [-0.25, -0.2) is 0 Å². The Labute approximate surface area is 105 Å². The fourth-order valence-electron chi connectivity index (χ4n) is 2.03. The van der Waals surface area contributed by atoms with E-state index >= 15 is 0 Å². The van der Waals surface area contributed by atoms with Crippen LogP contribution >= 0.6 is 9.24 Å². The van der Waals surface area contributed by atoms with E-state index in [4.69, 9.17) is 4.74 Å². The zero-order chi connectivity index (χ0) is 12.3. The van der Waals surface area contributed by atoms with Gasteiger partial charge in [0.1, 0.15) is 5.75 Å². The predicted octanol–water partition coefficient (Wildman–Crippen LogP) is 3.97. The molecule has 0 radical (unpaired) electrons. The van der Waals surface area contributed by atoms with Crippen LogP contribution in [0.5, 0.6) is 5.75 Å². The van der Waals surface area contributed by atoms with Gasteiger partial charge in [0.2, 0.25) is 0 Å². The van der Waals surface area contributed by atoms with Gasteiger partial charge in [-0.2, -0.15) is 0 Å². The van der Waals surface area contributed by atoms with Crippen LogP contribution in [0.1, 0.15) is 22.3 Å². The molecular weight excluding hydrogens is 227 g/mol. The van der Waals surface area contributed by atoms with E-state index in [9.17, 15) is 0 Å². The van der Waals surface area contributed by atoms with Gasteiger partial charge in [0.15, 0.2) is 0 Å². The SMILES string of the molecule is COc1ccccc1C(P)c1ccccc1C. The van der Waals surface area contributed by atoms with Gasteiger partial charge in [0.25, 0.3) is 0 Å². The predicted molar refractivity (Wildman–Crippen MR) is 75.7 cm³/mol. The van der Waals surface area contributed by atoms with E-state index in [0.717, 1.165) is 5.75 Å². The lowest BCUT2D eigenvalue weighted by molar-refractivity contribution is 0.410. The lowest BCUT2D eigenvalue weighted by Crippen LogP contribution is -1.98. The quantitative estimate of drug-likeness (QED) is 0.742. The summed E-state index contributed by atoms with van der Waals surface area (Å²) in [4.78, 5) is 0. The van der Waals surface area contributed by atoms with Crippen molar-refractivity contribution in [2.24, 2.45) is 0 Å². The third-order valence-electron chi connectivity index (χ3n) is 3.00. The van der Waals surface area contributed by atoms with Crippen LogP contribution in [0.3, 0.4) is 0 Å². The number of ether oxygens (including phenoxy) is 1. The molecule has 0 saturated heterocycles. The number of rotatable bonds is 3. The summed E-state index contributed by atoms with van der Waals surface area (Å²) in [6, 6.07) is 16.6. The van der Waals surface area contributed by atoms with Crippen molar-refractivity contribution >= 4 is 9.24 Å². The summed E-state index contributed by atoms with van der Waals surface area (Å²) in [7, 11) is 4.62. The monoisotopic (exact) mass is 244 g/mol. The lowest BCUT2D eigenvalue weighted by Gasteiger charge is -2.17. The minimum absolute atomic E-state index is 0.271. The number of methoxy groups -OCH3 is 1. The maximum absolute atomic E-state index is 5.41. The Kier molecular flexibility index (Phi) is 3.81. The third kappa shape index (κ3) is 2.50. The molecule has 0 saturated carbocycles. The van der Waals surface area contributed by atoms with Gasteiger partial charge in [-0.05, 0) is 24.1 Å². The Hall–Kier alpha value is -1.33. The number of hydrogen-bond acceptors (Lipinski definition) is 1. The Morgan fingerprint density at radius 2 is 1.53 bits per heavy atom. The number of aryl methyl sites for hydroxylation is 1. The molecular formula is C15H17OP. The van der Waals surface area contributed by atoms with Crippen molar-refractivity contribution in [1.82, 2.24) is 0 Å². The molecule has 0 aliphatic heterocycles. The summed E-state index contributed by atoms with van der Waals surface area (Å²) in [5.74, 6) is 0.941. The molecule has 0 N–H and O–H groups in total. The second-order valence-electron chi connectivity index (χ2n) is 4.08. The zero-order valence-electron chi connectivity index (χ0n) is 10.2. The minimum atomic E-state index is 0.271. The van der Waals surface area contributed by atoms with Crippen molar-refractivity contribution in [1.29, 1.82) is 0 Å². The smallest absolute Gasteiger partial charge is 0.123 e. The molecule has 2 unspecified atom stereocenters. The van der Waals surface area contributed by atoms with E-state index in [2.05, 4.69) is 46.5 Å². The summed E-state index contributed by atoms with van der Waals surface area (Å²) in [6.45, 7) is 2.14. The Morgan fingerprint density at radius 3 is 2.18 bits per heavy atom. The maximum Gasteiger partial charge on any atom is 0.123 e. The van der Waals surface area contributed by atoms with Gasteiger partial charge in [-0.1, -0.05) is 42.5 Å². The molecule has 17 heavy (non-hydrogen) atoms. The van der Waals surface area contributed by atoms with Gasteiger partial charge < -0.3 is 4.74 Å². The molecule has 2 aromatic carbocycles. The first-order valence-electron chi connectivity index (χ1n) is 5.68. The normalized spacial score (nSPS) is 12.2. The fourth-order valence-corrected chi connectivity index (χ4v) is 2.68. The van der Waals surface area contributed by atoms with Crippen LogP contribution in [0.2, 0.25) is 0 Å². The number of para-hydroxylation sites is 1. The Bertz CT molecular complexity index is 508. The molecule has 0 spiro atoms. The second-order valence-corrected chi connectivity index (χ2v) is 4.74. The molecule has 2 rings (SSSR count). The molecule has 0 aliphatic rings. The molecule has 2 heteroatoms. The number of benzene rings is 2. The van der Waals surface area contributed by atoms with Gasteiger partial charge in [0.05, 0.1) is 7.11 Å². The Balaban J connectivity index is 2.44. The van der Waals surface area contributed by atoms with Crippen molar-refractivity contribution in [2.75, 3.05) is 7.11 Å². The van der Waals surface area contributed by atoms with Gasteiger partial charge in [0, 0.05) is 11.2 Å². The summed E-state index contributed by atoms with van der Waals surface area (Å²) in [5.41, 5.74) is 4.10. The first-order valence-corrected chi connectivity index (χ1v) is 6.34. The van der Waals surface area contributed by atoms with Crippen molar-refractivity contribution in [2.45, 2.75) is 12.6 Å². The van der Waals surface area contributed by atoms with Crippen molar-refractivity contribution < 1.29 is 4.74 Å². The lowest BCUT2D eigenvalue weighted by atomic mass is 9.99. The molecule has 0 amide bonds. The van der Waals surface area contributed by atoms with Crippen LogP contribution < -0.4 is 4.74 Å². The maximum atomic E-state index is 5.41. The van der Waals surface area contributed by atoms with Crippen molar-refractivity contribution in [3.63, 3.8) is 0 Å². The third-order valence-corrected chi connectivity index (χ3v) is 3.72. The average Bonchev–Trinajstić information content (AvgIpc) is 2.38. The zero-order valence-corrected chi connectivity index (χ0v) is 11.3. The van der Waals surface area contributed by atoms with E-state index in [1.165, 1.54) is 16.7 Å².